The standard InChI is InChI=1S/C9H15N3O3S/c1-15-7-8-2-3-12(6-8)16(13,14)9-4-10-11-5-9/h4-5,8H,2-3,6-7H2,1H3,(H,10,11). The van der Waals surface area contributed by atoms with E-state index in [1.165, 1.54) is 16.7 Å². The van der Waals surface area contributed by atoms with Crippen molar-refractivity contribution >= 4 is 10.0 Å². The molecule has 0 radical (unpaired) electrons. The van der Waals surface area contributed by atoms with Crippen LogP contribution in [0.2, 0.25) is 0 Å². The summed E-state index contributed by atoms with van der Waals surface area (Å²) in [5.41, 5.74) is 0. The minimum Gasteiger partial charge on any atom is -0.384 e. The predicted octanol–water partition coefficient (Wildman–Crippen LogP) is 0.0667. The Morgan fingerprint density at radius 3 is 3.12 bits per heavy atom. The van der Waals surface area contributed by atoms with Crippen LogP contribution in [0, 0.1) is 5.92 Å². The van der Waals surface area contributed by atoms with Crippen molar-refractivity contribution in [2.24, 2.45) is 5.92 Å². The maximum absolute atomic E-state index is 12.1. The van der Waals surface area contributed by atoms with Crippen LogP contribution in [0.1, 0.15) is 6.42 Å². The molecule has 16 heavy (non-hydrogen) atoms. The highest BCUT2D eigenvalue weighted by atomic mass is 32.2. The van der Waals surface area contributed by atoms with Gasteiger partial charge in [0.2, 0.25) is 10.0 Å². The van der Waals surface area contributed by atoms with E-state index in [9.17, 15) is 8.42 Å². The monoisotopic (exact) mass is 245 g/mol. The molecule has 0 bridgehead atoms. The molecule has 0 aliphatic carbocycles. The molecule has 0 aromatic carbocycles. The predicted molar refractivity (Wildman–Crippen MR) is 57.3 cm³/mol. The first-order valence-electron chi connectivity index (χ1n) is 5.12. The van der Waals surface area contributed by atoms with Crippen molar-refractivity contribution in [2.75, 3.05) is 26.8 Å². The molecule has 2 rings (SSSR count). The Kier molecular flexibility index (Phi) is 3.27. The SMILES string of the molecule is COCC1CCN(S(=O)(=O)c2cn[nH]c2)C1. The third-order valence-electron chi connectivity index (χ3n) is 2.76. The Bertz CT molecular complexity index is 429. The lowest BCUT2D eigenvalue weighted by molar-refractivity contribution is 0.157. The number of methoxy groups -OCH3 is 1. The number of nitrogens with zero attached hydrogens (tertiary/aromatic N) is 2. The summed E-state index contributed by atoms with van der Waals surface area (Å²) in [5.74, 6) is 0.298. The number of H-pyrrole nitrogens is 1. The Morgan fingerprint density at radius 2 is 2.50 bits per heavy atom. The van der Waals surface area contributed by atoms with Crippen LogP contribution in [0.3, 0.4) is 0 Å². The minimum absolute atomic E-state index is 0.227. The van der Waals surface area contributed by atoms with Gasteiger partial charge < -0.3 is 4.74 Å². The number of aromatic amines is 1. The first kappa shape index (κ1) is 11.6. The number of aromatic nitrogens is 2. The summed E-state index contributed by atoms with van der Waals surface area (Å²) < 4.78 is 30.7. The van der Waals surface area contributed by atoms with Gasteiger partial charge in [-0.2, -0.15) is 9.40 Å². The van der Waals surface area contributed by atoms with Crippen LogP contribution < -0.4 is 0 Å². The van der Waals surface area contributed by atoms with Gasteiger partial charge in [0, 0.05) is 26.4 Å². The quantitative estimate of drug-likeness (QED) is 0.814. The van der Waals surface area contributed by atoms with E-state index >= 15 is 0 Å². The maximum atomic E-state index is 12.1. The molecule has 1 aromatic rings. The third-order valence-corrected chi connectivity index (χ3v) is 4.59. The van der Waals surface area contributed by atoms with E-state index < -0.39 is 10.0 Å². The highest BCUT2D eigenvalue weighted by molar-refractivity contribution is 7.89. The van der Waals surface area contributed by atoms with Gasteiger partial charge in [0.1, 0.15) is 4.90 Å². The molecule has 7 heteroatoms. The normalized spacial score (nSPS) is 22.7. The van der Waals surface area contributed by atoms with Gasteiger partial charge in [-0.25, -0.2) is 8.42 Å². The van der Waals surface area contributed by atoms with E-state index in [4.69, 9.17) is 4.74 Å². The second kappa shape index (κ2) is 4.52. The largest absolute Gasteiger partial charge is 0.384 e. The fourth-order valence-corrected chi connectivity index (χ4v) is 3.35. The summed E-state index contributed by atoms with van der Waals surface area (Å²) in [7, 11) is -1.73. The first-order chi connectivity index (χ1) is 7.64. The number of nitrogens with one attached hydrogen (secondary N) is 1. The molecule has 1 fully saturated rings. The summed E-state index contributed by atoms with van der Waals surface area (Å²) in [4.78, 5) is 0.227. The summed E-state index contributed by atoms with van der Waals surface area (Å²) in [6, 6.07) is 0. The van der Waals surface area contributed by atoms with Crippen LogP contribution in [0.15, 0.2) is 17.3 Å². The van der Waals surface area contributed by atoms with Crippen molar-refractivity contribution in [1.29, 1.82) is 0 Å². The van der Waals surface area contributed by atoms with Gasteiger partial charge in [0.05, 0.1) is 12.8 Å². The van der Waals surface area contributed by atoms with Gasteiger partial charge in [-0.05, 0) is 12.3 Å². The molecule has 1 unspecified atom stereocenters. The molecule has 2 heterocycles. The Labute approximate surface area is 94.6 Å². The van der Waals surface area contributed by atoms with Gasteiger partial charge >= 0.3 is 0 Å². The molecule has 1 aliphatic rings. The molecule has 0 saturated carbocycles. The lowest BCUT2D eigenvalue weighted by atomic mass is 10.1. The molecule has 90 valence electrons. The van der Waals surface area contributed by atoms with E-state index in [1.807, 2.05) is 0 Å². The third kappa shape index (κ3) is 2.11. The van der Waals surface area contributed by atoms with Crippen molar-refractivity contribution in [2.45, 2.75) is 11.3 Å². The van der Waals surface area contributed by atoms with Crippen molar-refractivity contribution in [3.63, 3.8) is 0 Å². The average Bonchev–Trinajstić information content (AvgIpc) is 2.88. The molecule has 1 aromatic heterocycles. The van der Waals surface area contributed by atoms with E-state index in [0.29, 0.717) is 25.6 Å². The molecule has 1 atom stereocenters. The fourth-order valence-electron chi connectivity index (χ4n) is 1.92. The zero-order valence-electron chi connectivity index (χ0n) is 9.09. The van der Waals surface area contributed by atoms with Crippen molar-refractivity contribution < 1.29 is 13.2 Å². The van der Waals surface area contributed by atoms with Gasteiger partial charge in [0.15, 0.2) is 0 Å². The van der Waals surface area contributed by atoms with Gasteiger partial charge in [-0.15, -0.1) is 0 Å². The van der Waals surface area contributed by atoms with E-state index in [-0.39, 0.29) is 4.90 Å². The zero-order chi connectivity index (χ0) is 11.6. The van der Waals surface area contributed by atoms with Crippen LogP contribution >= 0.6 is 0 Å². The summed E-state index contributed by atoms with van der Waals surface area (Å²) in [5, 5.41) is 6.17. The Morgan fingerprint density at radius 1 is 1.69 bits per heavy atom. The zero-order valence-corrected chi connectivity index (χ0v) is 9.90. The number of hydrogen-bond acceptors (Lipinski definition) is 4. The molecular weight excluding hydrogens is 230 g/mol. The topological polar surface area (TPSA) is 75.3 Å². The van der Waals surface area contributed by atoms with E-state index in [2.05, 4.69) is 10.2 Å². The molecule has 6 nitrogen and oxygen atoms in total. The van der Waals surface area contributed by atoms with Crippen LogP contribution in [0.25, 0.3) is 0 Å². The van der Waals surface area contributed by atoms with Gasteiger partial charge in [0.25, 0.3) is 0 Å². The number of rotatable bonds is 4. The second-order valence-corrected chi connectivity index (χ2v) is 5.85. The van der Waals surface area contributed by atoms with Gasteiger partial charge in [-0.1, -0.05) is 0 Å². The lowest BCUT2D eigenvalue weighted by Gasteiger charge is -2.14. The van der Waals surface area contributed by atoms with Crippen LogP contribution in [-0.4, -0.2) is 49.7 Å². The Balaban J connectivity index is 2.10. The molecular formula is C9H15N3O3S. The summed E-state index contributed by atoms with van der Waals surface area (Å²) in [6.45, 7) is 1.69. The highest BCUT2D eigenvalue weighted by Gasteiger charge is 2.32. The fraction of sp³-hybridized carbons (Fsp3) is 0.667. The van der Waals surface area contributed by atoms with Crippen LogP contribution in [-0.2, 0) is 14.8 Å². The highest BCUT2D eigenvalue weighted by Crippen LogP contribution is 2.23. The van der Waals surface area contributed by atoms with E-state index in [1.54, 1.807) is 7.11 Å². The Hall–Kier alpha value is -0.920. The van der Waals surface area contributed by atoms with Crippen LogP contribution in [0.5, 0.6) is 0 Å². The maximum Gasteiger partial charge on any atom is 0.246 e. The average molecular weight is 245 g/mol. The van der Waals surface area contributed by atoms with Crippen molar-refractivity contribution in [3.8, 4) is 0 Å². The minimum atomic E-state index is -3.36. The summed E-state index contributed by atoms with van der Waals surface area (Å²) in [6.07, 6.45) is 3.59. The number of sulfonamides is 1. The van der Waals surface area contributed by atoms with Crippen LogP contribution in [0.4, 0.5) is 0 Å². The van der Waals surface area contributed by atoms with Crippen molar-refractivity contribution in [1.82, 2.24) is 14.5 Å². The molecule has 0 amide bonds. The number of ether oxygens (including phenoxy) is 1. The lowest BCUT2D eigenvalue weighted by Crippen LogP contribution is -2.29. The molecule has 0 spiro atoms. The second-order valence-electron chi connectivity index (χ2n) is 3.91. The number of hydrogen-bond donors (Lipinski definition) is 1. The summed E-state index contributed by atoms with van der Waals surface area (Å²) >= 11 is 0. The molecule has 1 aliphatic heterocycles. The van der Waals surface area contributed by atoms with E-state index in [0.717, 1.165) is 6.42 Å². The van der Waals surface area contributed by atoms with Crippen molar-refractivity contribution in [3.05, 3.63) is 12.4 Å². The molecule has 1 N–H and O–H groups in total. The smallest absolute Gasteiger partial charge is 0.246 e. The molecule has 1 saturated heterocycles. The van der Waals surface area contributed by atoms with Gasteiger partial charge in [-0.3, -0.25) is 5.10 Å². The first-order valence-corrected chi connectivity index (χ1v) is 6.56.